The number of hydrogen-bond donors (Lipinski definition) is 0. The molecule has 626 valence electrons. The van der Waals surface area contributed by atoms with Crippen molar-refractivity contribution >= 4 is 0 Å². The molecule has 0 atom stereocenters. The van der Waals surface area contributed by atoms with Crippen LogP contribution in [0.3, 0.4) is 0 Å². The third-order valence-corrected chi connectivity index (χ3v) is 17.7. The topological polar surface area (TPSA) is 167 Å². The molecule has 0 spiro atoms. The molecule has 124 heavy (non-hydrogen) atoms. The van der Waals surface area contributed by atoms with Crippen LogP contribution in [0.2, 0.25) is 0 Å². The summed E-state index contributed by atoms with van der Waals surface area (Å²) in [6.45, 7) is 40.3. The minimum atomic E-state index is 0.443. The van der Waals surface area contributed by atoms with Gasteiger partial charge in [0, 0.05) is 0 Å². The van der Waals surface area contributed by atoms with Crippen molar-refractivity contribution < 1.29 is 0 Å². The molecule has 0 bridgehead atoms. The fraction of sp³-hybridized carbons (Fsp3) is 0.171. The van der Waals surface area contributed by atoms with Gasteiger partial charge in [-0.1, -0.05) is 408 Å². The van der Waals surface area contributed by atoms with Crippen molar-refractivity contribution in [2.45, 2.75) is 138 Å². The van der Waals surface area contributed by atoms with Crippen LogP contribution in [0, 0.1) is 149 Å². The number of nitrogens with zero attached hydrogens (tertiary/aromatic N) is 7. The summed E-state index contributed by atoms with van der Waals surface area (Å²) in [5, 5.41) is 59.6. The lowest BCUT2D eigenvalue weighted by atomic mass is 10.0. The van der Waals surface area contributed by atoms with Gasteiger partial charge in [-0.05, 0) is 223 Å². The molecular formula is C117H123N7. The van der Waals surface area contributed by atoms with Crippen LogP contribution in [0.4, 0.5) is 0 Å². The molecule has 0 saturated heterocycles. The monoisotopic (exact) mass is 1630 g/mol. The van der Waals surface area contributed by atoms with Crippen LogP contribution < -0.4 is 0 Å². The van der Waals surface area contributed by atoms with E-state index in [0.29, 0.717) is 22.3 Å². The zero-order chi connectivity index (χ0) is 92.1. The second-order valence-corrected chi connectivity index (χ2v) is 26.3. The number of nitriles is 7. The lowest BCUT2D eigenvalue weighted by molar-refractivity contribution is 1.36. The van der Waals surface area contributed by atoms with Crippen LogP contribution in [0.25, 0.3) is 55.6 Å². The SMILES string of the molecule is CC.CC.CC.CC.CC.Cc1ccc(C#N)c(C#N)c1.Cc1ccc(C#N)cc1.Cc1cccc(C#N)c1.Cc1cccc(C#N)c1C#N.Cc1ccccc1-c1ccccc1.Cc1ccccc1-c1ccccc1.Cc1ccccc1-c1ccccc1.Cc1ccccc1-c1ccccc1.Cc1ccccc1-c1ccccc1.Cc1ccccc1C#N. The summed E-state index contributed by atoms with van der Waals surface area (Å²) in [6, 6.07) is 142. The second-order valence-electron chi connectivity index (χ2n) is 26.3. The Morgan fingerprint density at radius 1 is 0.153 bits per heavy atom. The number of aryl methyl sites for hydroxylation is 10. The van der Waals surface area contributed by atoms with Crippen LogP contribution in [0.15, 0.2) is 382 Å². The Kier molecular flexibility index (Phi) is 57.3. The Hall–Kier alpha value is -15.3. The van der Waals surface area contributed by atoms with Gasteiger partial charge in [0.25, 0.3) is 0 Å². The summed E-state index contributed by atoms with van der Waals surface area (Å²) in [5.74, 6) is 0. The van der Waals surface area contributed by atoms with Gasteiger partial charge in [0.1, 0.15) is 24.3 Å². The summed E-state index contributed by atoms with van der Waals surface area (Å²) in [5.41, 5.74) is 29.0. The van der Waals surface area contributed by atoms with Gasteiger partial charge in [0.15, 0.2) is 0 Å². The summed E-state index contributed by atoms with van der Waals surface area (Å²) in [6.07, 6.45) is 0. The lowest BCUT2D eigenvalue weighted by Gasteiger charge is -2.04. The zero-order valence-electron chi connectivity index (χ0n) is 76.5. The molecular weight excluding hydrogens is 1500 g/mol. The summed E-state index contributed by atoms with van der Waals surface area (Å²) in [4.78, 5) is 0. The predicted molar refractivity (Wildman–Crippen MR) is 529 cm³/mol. The average Bonchev–Trinajstić information content (AvgIpc) is 0.872. The van der Waals surface area contributed by atoms with Crippen LogP contribution in [-0.2, 0) is 0 Å². The first-order valence-corrected chi connectivity index (χ1v) is 42.2. The molecule has 0 aliphatic carbocycles. The highest BCUT2D eigenvalue weighted by molar-refractivity contribution is 5.70. The highest BCUT2D eigenvalue weighted by atomic mass is 14.3. The molecule has 0 radical (unpaired) electrons. The van der Waals surface area contributed by atoms with E-state index in [0.717, 1.165) is 38.9 Å². The Labute approximate surface area is 745 Å². The Balaban J connectivity index is 0.000000683. The van der Waals surface area contributed by atoms with E-state index in [1.54, 1.807) is 30.3 Å². The van der Waals surface area contributed by atoms with Crippen molar-refractivity contribution in [3.8, 4) is 98.1 Å². The van der Waals surface area contributed by atoms with Crippen molar-refractivity contribution in [3.05, 3.63) is 477 Å². The minimum Gasteiger partial charge on any atom is -0.192 e. The van der Waals surface area contributed by atoms with Crippen molar-refractivity contribution in [1.82, 2.24) is 0 Å². The van der Waals surface area contributed by atoms with E-state index in [1.807, 2.05) is 237 Å². The van der Waals surface area contributed by atoms with Crippen LogP contribution in [-0.4, -0.2) is 0 Å². The molecule has 15 aromatic carbocycles. The zero-order valence-corrected chi connectivity index (χ0v) is 76.5. The van der Waals surface area contributed by atoms with E-state index < -0.39 is 0 Å². The summed E-state index contributed by atoms with van der Waals surface area (Å²) in [7, 11) is 0. The molecule has 15 rings (SSSR count). The smallest absolute Gasteiger partial charge is 0.101 e. The standard InChI is InChI=1S/5C13H12.2C9H6N2.3C8H7N.5C2H6/c5*1-11-7-5-6-10-13(11)12-8-3-2-4-9-12;1-7-2-3-8(5-10)9(4-7)6-11;1-7-3-2-4-8(5-10)9(7)6-11;1-7-2-4-8(6-9)5-3-7;1-7-3-2-4-8(5-7)6-9;1-7-4-2-3-5-8(7)6-9;5*1-2/h5*2-10H,1H3;2*2-4H,1H3;3*2-5H,1H3;5*1-2H3. The van der Waals surface area contributed by atoms with Gasteiger partial charge in [-0.2, -0.15) is 36.8 Å². The number of hydrogen-bond acceptors (Lipinski definition) is 7. The normalized spacial score (nSPS) is 8.75. The first-order chi connectivity index (χ1) is 60.4. The quantitative estimate of drug-likeness (QED) is 0.165. The molecule has 0 saturated carbocycles. The van der Waals surface area contributed by atoms with Crippen LogP contribution >= 0.6 is 0 Å². The second kappa shape index (κ2) is 66.6. The maximum Gasteiger partial charge on any atom is 0.101 e. The van der Waals surface area contributed by atoms with E-state index >= 15 is 0 Å². The van der Waals surface area contributed by atoms with Crippen LogP contribution in [0.5, 0.6) is 0 Å². The van der Waals surface area contributed by atoms with E-state index in [4.69, 9.17) is 36.8 Å². The molecule has 0 N–H and O–H groups in total. The predicted octanol–water partition coefficient (Wildman–Crippen LogP) is 32.5. The molecule has 0 fully saturated rings. The first-order valence-electron chi connectivity index (χ1n) is 42.2. The Morgan fingerprint density at radius 3 is 0.653 bits per heavy atom. The van der Waals surface area contributed by atoms with Gasteiger partial charge in [-0.3, -0.25) is 0 Å². The first kappa shape index (κ1) is 107. The molecule has 7 heteroatoms. The van der Waals surface area contributed by atoms with E-state index in [9.17, 15) is 0 Å². The fourth-order valence-electron chi connectivity index (χ4n) is 11.4. The molecule has 0 amide bonds. The van der Waals surface area contributed by atoms with Gasteiger partial charge in [-0.25, -0.2) is 0 Å². The van der Waals surface area contributed by atoms with Crippen molar-refractivity contribution in [2.24, 2.45) is 0 Å². The van der Waals surface area contributed by atoms with E-state index in [-0.39, 0.29) is 0 Å². The molecule has 7 nitrogen and oxygen atoms in total. The molecule has 15 aromatic rings. The van der Waals surface area contributed by atoms with Crippen molar-refractivity contribution in [3.63, 3.8) is 0 Å². The van der Waals surface area contributed by atoms with Crippen LogP contribution in [0.1, 0.15) is 164 Å². The van der Waals surface area contributed by atoms with Gasteiger partial charge in [0.05, 0.1) is 57.2 Å². The van der Waals surface area contributed by atoms with Crippen molar-refractivity contribution in [2.75, 3.05) is 0 Å². The molecule has 0 aromatic heterocycles. The number of benzene rings is 15. The fourth-order valence-corrected chi connectivity index (χ4v) is 11.4. The van der Waals surface area contributed by atoms with Gasteiger partial charge < -0.3 is 0 Å². The Morgan fingerprint density at radius 2 is 0.403 bits per heavy atom. The van der Waals surface area contributed by atoms with Gasteiger partial charge >= 0.3 is 0 Å². The van der Waals surface area contributed by atoms with E-state index in [2.05, 4.69) is 295 Å². The largest absolute Gasteiger partial charge is 0.192 e. The maximum atomic E-state index is 8.63. The van der Waals surface area contributed by atoms with Gasteiger partial charge in [0.2, 0.25) is 0 Å². The van der Waals surface area contributed by atoms with Gasteiger partial charge in [-0.15, -0.1) is 0 Å². The molecule has 0 heterocycles. The van der Waals surface area contributed by atoms with E-state index in [1.165, 1.54) is 89.0 Å². The third kappa shape index (κ3) is 40.5. The maximum absolute atomic E-state index is 8.63. The lowest BCUT2D eigenvalue weighted by Crippen LogP contribution is -1.86. The Bertz CT molecular complexity index is 5260. The van der Waals surface area contributed by atoms with Crippen molar-refractivity contribution in [1.29, 1.82) is 36.8 Å². The highest BCUT2D eigenvalue weighted by Crippen LogP contribution is 2.27. The minimum absolute atomic E-state index is 0.443. The average molecular weight is 1630 g/mol. The molecule has 0 unspecified atom stereocenters. The summed E-state index contributed by atoms with van der Waals surface area (Å²) < 4.78 is 0. The summed E-state index contributed by atoms with van der Waals surface area (Å²) >= 11 is 0. The molecule has 0 aliphatic heterocycles. The number of rotatable bonds is 5. The molecule has 0 aliphatic rings. The highest BCUT2D eigenvalue weighted by Gasteiger charge is 2.05. The third-order valence-electron chi connectivity index (χ3n) is 17.7.